The number of nitrogens with zero attached hydrogens (tertiary/aromatic N) is 3. The van der Waals surface area contributed by atoms with Crippen molar-refractivity contribution in [1.82, 2.24) is 4.90 Å². The molecule has 0 bridgehead atoms. The van der Waals surface area contributed by atoms with Crippen molar-refractivity contribution < 1.29 is 22.9 Å². The normalized spacial score (nSPS) is 12.4. The van der Waals surface area contributed by atoms with Crippen molar-refractivity contribution >= 4 is 11.6 Å². The third kappa shape index (κ3) is 3.47. The third-order valence-electron chi connectivity index (χ3n) is 2.68. The van der Waals surface area contributed by atoms with E-state index >= 15 is 0 Å². The van der Waals surface area contributed by atoms with Gasteiger partial charge in [-0.3, -0.25) is 14.9 Å². The lowest BCUT2D eigenvalue weighted by Crippen LogP contribution is -2.28. The monoisotopic (exact) mass is 301 g/mol. The molecule has 0 aliphatic rings. The Hall–Kier alpha value is -2.63. The molecule has 1 unspecified atom stereocenters. The van der Waals surface area contributed by atoms with Crippen LogP contribution in [0.3, 0.4) is 0 Å². The average Bonchev–Trinajstić information content (AvgIpc) is 2.38. The first kappa shape index (κ1) is 16.4. The van der Waals surface area contributed by atoms with Crippen LogP contribution in [0.2, 0.25) is 0 Å². The summed E-state index contributed by atoms with van der Waals surface area (Å²) in [6.45, 7) is 0. The number of amides is 1. The fraction of sp³-hybridized carbons (Fsp3) is 0.333. The molecule has 0 spiro atoms. The van der Waals surface area contributed by atoms with Crippen molar-refractivity contribution in [2.75, 3.05) is 14.1 Å². The van der Waals surface area contributed by atoms with Crippen molar-refractivity contribution in [2.24, 2.45) is 0 Å². The summed E-state index contributed by atoms with van der Waals surface area (Å²) < 4.78 is 37.7. The summed E-state index contributed by atoms with van der Waals surface area (Å²) >= 11 is 0. The number of carbonyl (C=O) groups excluding carboxylic acids is 1. The fourth-order valence-electron chi connectivity index (χ4n) is 1.64. The summed E-state index contributed by atoms with van der Waals surface area (Å²) in [7, 11) is 2.67. The molecule has 1 aromatic rings. The molecule has 0 aromatic heterocycles. The second-order valence-corrected chi connectivity index (χ2v) is 4.32. The first-order valence-corrected chi connectivity index (χ1v) is 5.56. The van der Waals surface area contributed by atoms with Crippen LogP contribution in [0.4, 0.5) is 18.9 Å². The average molecular weight is 301 g/mol. The Balaban J connectivity index is 3.46. The van der Waals surface area contributed by atoms with Crippen LogP contribution in [0.25, 0.3) is 0 Å². The van der Waals surface area contributed by atoms with E-state index in [1.807, 2.05) is 0 Å². The van der Waals surface area contributed by atoms with Gasteiger partial charge in [0.15, 0.2) is 5.92 Å². The van der Waals surface area contributed by atoms with Gasteiger partial charge in [0.25, 0.3) is 5.69 Å². The van der Waals surface area contributed by atoms with Gasteiger partial charge in [0.2, 0.25) is 5.91 Å². The highest BCUT2D eigenvalue weighted by molar-refractivity contribution is 5.87. The topological polar surface area (TPSA) is 87.2 Å². The molecule has 112 valence electrons. The number of benzene rings is 1. The zero-order chi connectivity index (χ0) is 16.4. The van der Waals surface area contributed by atoms with E-state index < -0.39 is 34.2 Å². The Labute approximate surface area is 117 Å². The molecule has 0 saturated heterocycles. The van der Waals surface area contributed by atoms with Gasteiger partial charge < -0.3 is 4.90 Å². The number of halogens is 3. The molecule has 0 heterocycles. The molecule has 1 amide bonds. The number of carbonyl (C=O) groups is 1. The van der Waals surface area contributed by atoms with Gasteiger partial charge in [-0.25, -0.2) is 0 Å². The van der Waals surface area contributed by atoms with Gasteiger partial charge in [0, 0.05) is 20.2 Å². The highest BCUT2D eigenvalue weighted by atomic mass is 19.4. The highest BCUT2D eigenvalue weighted by Crippen LogP contribution is 2.35. The molecule has 1 atom stereocenters. The van der Waals surface area contributed by atoms with E-state index in [2.05, 4.69) is 0 Å². The Kier molecular flexibility index (Phi) is 4.52. The van der Waals surface area contributed by atoms with Crippen molar-refractivity contribution in [3.63, 3.8) is 0 Å². The maximum atomic E-state index is 12.6. The first-order chi connectivity index (χ1) is 9.59. The molecule has 0 N–H and O–H groups in total. The molecule has 0 fully saturated rings. The van der Waals surface area contributed by atoms with Crippen molar-refractivity contribution in [2.45, 2.75) is 12.1 Å². The van der Waals surface area contributed by atoms with E-state index in [1.165, 1.54) is 14.1 Å². The molecular formula is C12H10F3N3O3. The number of likely N-dealkylation sites (N-methyl/N-ethyl adjacent to an activating group) is 1. The van der Waals surface area contributed by atoms with Crippen LogP contribution < -0.4 is 0 Å². The van der Waals surface area contributed by atoms with E-state index in [0.29, 0.717) is 12.1 Å². The fourth-order valence-corrected chi connectivity index (χ4v) is 1.64. The number of nitro benzene ring substituents is 1. The van der Waals surface area contributed by atoms with Gasteiger partial charge in [-0.1, -0.05) is 0 Å². The van der Waals surface area contributed by atoms with Gasteiger partial charge >= 0.3 is 6.18 Å². The molecule has 1 rings (SSSR count). The zero-order valence-corrected chi connectivity index (χ0v) is 11.0. The number of nitro groups is 1. The smallest absolute Gasteiger partial charge is 0.347 e. The van der Waals surface area contributed by atoms with E-state index in [9.17, 15) is 28.1 Å². The molecule has 0 aliphatic heterocycles. The van der Waals surface area contributed by atoms with Crippen LogP contribution in [0.15, 0.2) is 18.2 Å². The Morgan fingerprint density at radius 3 is 2.38 bits per heavy atom. The molecule has 1 aromatic carbocycles. The SMILES string of the molecule is CN(C)C(=O)C(C#N)c1ccc(C(F)(F)F)cc1[N+](=O)[O-]. The summed E-state index contributed by atoms with van der Waals surface area (Å²) in [5.41, 5.74) is -2.49. The van der Waals surface area contributed by atoms with Crippen LogP contribution in [0.1, 0.15) is 17.0 Å². The molecule has 0 aliphatic carbocycles. The molecule has 6 nitrogen and oxygen atoms in total. The van der Waals surface area contributed by atoms with E-state index in [4.69, 9.17) is 5.26 Å². The summed E-state index contributed by atoms with van der Waals surface area (Å²) in [5.74, 6) is -2.29. The minimum atomic E-state index is -4.75. The number of hydrogen-bond acceptors (Lipinski definition) is 4. The van der Waals surface area contributed by atoms with Gasteiger partial charge in [0.1, 0.15) is 0 Å². The zero-order valence-electron chi connectivity index (χ0n) is 11.0. The Morgan fingerprint density at radius 1 is 1.43 bits per heavy atom. The highest BCUT2D eigenvalue weighted by Gasteiger charge is 2.35. The van der Waals surface area contributed by atoms with Crippen molar-refractivity contribution in [3.05, 3.63) is 39.4 Å². The summed E-state index contributed by atoms with van der Waals surface area (Å²) in [5, 5.41) is 19.9. The maximum Gasteiger partial charge on any atom is 0.416 e. The van der Waals surface area contributed by atoms with E-state index in [1.54, 1.807) is 6.07 Å². The number of alkyl halides is 3. The lowest BCUT2D eigenvalue weighted by atomic mass is 9.96. The molecule has 21 heavy (non-hydrogen) atoms. The minimum Gasteiger partial charge on any atom is -0.347 e. The van der Waals surface area contributed by atoms with Gasteiger partial charge in [-0.2, -0.15) is 18.4 Å². The summed E-state index contributed by atoms with van der Waals surface area (Å²) in [4.78, 5) is 22.7. The number of nitriles is 1. The lowest BCUT2D eigenvalue weighted by Gasteiger charge is -2.16. The van der Waals surface area contributed by atoms with E-state index in [0.717, 1.165) is 11.0 Å². The van der Waals surface area contributed by atoms with Crippen molar-refractivity contribution in [3.8, 4) is 6.07 Å². The van der Waals surface area contributed by atoms with Gasteiger partial charge in [-0.15, -0.1) is 0 Å². The van der Waals surface area contributed by atoms with E-state index in [-0.39, 0.29) is 5.56 Å². The van der Waals surface area contributed by atoms with Gasteiger partial charge in [-0.05, 0) is 12.1 Å². The molecule has 0 radical (unpaired) electrons. The summed E-state index contributed by atoms with van der Waals surface area (Å²) in [6.07, 6.45) is -4.75. The van der Waals surface area contributed by atoms with Crippen LogP contribution in [0.5, 0.6) is 0 Å². The van der Waals surface area contributed by atoms with Crippen LogP contribution in [-0.2, 0) is 11.0 Å². The van der Waals surface area contributed by atoms with Crippen LogP contribution in [0, 0.1) is 21.4 Å². The summed E-state index contributed by atoms with van der Waals surface area (Å²) in [6, 6.07) is 3.29. The number of rotatable bonds is 3. The third-order valence-corrected chi connectivity index (χ3v) is 2.68. The van der Waals surface area contributed by atoms with Gasteiger partial charge in [0.05, 0.1) is 22.1 Å². The molecular weight excluding hydrogens is 291 g/mol. The molecule has 0 saturated carbocycles. The first-order valence-electron chi connectivity index (χ1n) is 5.56. The van der Waals surface area contributed by atoms with Crippen LogP contribution in [-0.4, -0.2) is 29.8 Å². The quantitative estimate of drug-likeness (QED) is 0.633. The largest absolute Gasteiger partial charge is 0.416 e. The maximum absolute atomic E-state index is 12.6. The number of hydrogen-bond donors (Lipinski definition) is 0. The molecule has 9 heteroatoms. The lowest BCUT2D eigenvalue weighted by molar-refractivity contribution is -0.385. The van der Waals surface area contributed by atoms with Crippen molar-refractivity contribution in [1.29, 1.82) is 5.26 Å². The minimum absolute atomic E-state index is 0.322. The van der Waals surface area contributed by atoms with Crippen LogP contribution >= 0.6 is 0 Å². The second kappa shape index (κ2) is 5.78. The predicted molar refractivity (Wildman–Crippen MR) is 65.1 cm³/mol. The Bertz CT molecular complexity index is 620. The predicted octanol–water partition coefficient (Wildman–Crippen LogP) is 2.31. The second-order valence-electron chi connectivity index (χ2n) is 4.32. The standard InChI is InChI=1S/C12H10F3N3O3/c1-17(2)11(19)9(6-16)8-4-3-7(12(13,14)15)5-10(8)18(20)21/h3-5,9H,1-2H3. The Morgan fingerprint density at radius 2 is 2.00 bits per heavy atom.